The van der Waals surface area contributed by atoms with E-state index in [0.717, 1.165) is 17.0 Å². The van der Waals surface area contributed by atoms with Gasteiger partial charge in [-0.25, -0.2) is 0 Å². The Morgan fingerprint density at radius 1 is 1.06 bits per heavy atom. The topological polar surface area (TPSA) is 88.1 Å². The molecule has 2 aromatic carbocycles. The summed E-state index contributed by atoms with van der Waals surface area (Å²) in [5, 5.41) is 14.0. The third-order valence-corrected chi connectivity index (χ3v) is 5.77. The molecule has 10 heteroatoms. The second-order valence-electron chi connectivity index (χ2n) is 6.65. The minimum atomic E-state index is 0.229. The summed E-state index contributed by atoms with van der Waals surface area (Å²) in [7, 11) is 1.63. The van der Waals surface area contributed by atoms with E-state index in [1.807, 2.05) is 54.0 Å². The number of rotatable bonds is 8. The molecule has 0 atom stereocenters. The molecule has 0 fully saturated rings. The lowest BCUT2D eigenvalue weighted by atomic mass is 10.2. The fourth-order valence-electron chi connectivity index (χ4n) is 2.82. The van der Waals surface area contributed by atoms with Gasteiger partial charge in [-0.1, -0.05) is 34.6 Å². The number of ether oxygens (including phenoxy) is 2. The van der Waals surface area contributed by atoms with Gasteiger partial charge in [0.2, 0.25) is 5.89 Å². The van der Waals surface area contributed by atoms with E-state index < -0.39 is 0 Å². The molecule has 2 aromatic heterocycles. The zero-order valence-corrected chi connectivity index (χ0v) is 18.8. The lowest BCUT2D eigenvalue weighted by Gasteiger charge is -2.12. The highest BCUT2D eigenvalue weighted by molar-refractivity contribution is 7.98. The van der Waals surface area contributed by atoms with E-state index >= 15 is 0 Å². The van der Waals surface area contributed by atoms with Crippen molar-refractivity contribution in [3.63, 3.8) is 0 Å². The van der Waals surface area contributed by atoms with Crippen molar-refractivity contribution in [1.29, 1.82) is 0 Å². The molecule has 0 bridgehead atoms. The van der Waals surface area contributed by atoms with Crippen molar-refractivity contribution in [2.24, 2.45) is 0 Å². The first kappa shape index (κ1) is 21.2. The summed E-state index contributed by atoms with van der Waals surface area (Å²) < 4.78 is 18.1. The number of aryl methyl sites for hydroxylation is 2. The number of thioether (sulfide) groups is 1. The minimum Gasteiger partial charge on any atom is -0.497 e. The van der Waals surface area contributed by atoms with Gasteiger partial charge in [0.25, 0.3) is 0 Å². The standard InChI is InChI=1S/C21H20ClN5O3S/c1-13-4-5-15(10-18(13)22)27-20(11-29-17-8-6-16(28-3)7-9-17)24-25-21(27)31-12-19-23-14(2)30-26-19/h4-10H,11-12H2,1-3H3. The normalized spacial score (nSPS) is 11.0. The lowest BCUT2D eigenvalue weighted by Crippen LogP contribution is -2.07. The van der Waals surface area contributed by atoms with E-state index in [9.17, 15) is 0 Å². The van der Waals surface area contributed by atoms with Crippen LogP contribution in [0.2, 0.25) is 5.02 Å². The van der Waals surface area contributed by atoms with Crippen LogP contribution in [0.15, 0.2) is 52.1 Å². The van der Waals surface area contributed by atoms with Crippen LogP contribution in [0.25, 0.3) is 5.69 Å². The SMILES string of the molecule is COc1ccc(OCc2nnc(SCc3noc(C)n3)n2-c2ccc(C)c(Cl)c2)cc1. The highest BCUT2D eigenvalue weighted by atomic mass is 35.5. The predicted octanol–water partition coefficient (Wildman–Crippen LogP) is 4.80. The van der Waals surface area contributed by atoms with Crippen molar-refractivity contribution in [2.45, 2.75) is 31.4 Å². The first-order valence-corrected chi connectivity index (χ1v) is 10.8. The fraction of sp³-hybridized carbons (Fsp3) is 0.238. The van der Waals surface area contributed by atoms with E-state index in [2.05, 4.69) is 20.3 Å². The molecule has 160 valence electrons. The number of nitrogens with zero attached hydrogens (tertiary/aromatic N) is 5. The molecule has 0 N–H and O–H groups in total. The zero-order chi connectivity index (χ0) is 21.8. The molecular formula is C21H20ClN5O3S. The molecule has 0 radical (unpaired) electrons. The molecular weight excluding hydrogens is 438 g/mol. The molecule has 0 aliphatic rings. The van der Waals surface area contributed by atoms with Gasteiger partial charge in [0.15, 0.2) is 16.8 Å². The highest BCUT2D eigenvalue weighted by Gasteiger charge is 2.17. The summed E-state index contributed by atoms with van der Waals surface area (Å²) in [4.78, 5) is 4.24. The van der Waals surface area contributed by atoms with E-state index in [4.69, 9.17) is 25.6 Å². The summed E-state index contributed by atoms with van der Waals surface area (Å²) in [5.74, 6) is 3.72. The summed E-state index contributed by atoms with van der Waals surface area (Å²) in [5.41, 5.74) is 1.84. The van der Waals surface area contributed by atoms with Gasteiger partial charge < -0.3 is 14.0 Å². The van der Waals surface area contributed by atoms with Gasteiger partial charge in [-0.05, 0) is 48.9 Å². The first-order chi connectivity index (χ1) is 15.0. The highest BCUT2D eigenvalue weighted by Crippen LogP contribution is 2.28. The van der Waals surface area contributed by atoms with Crippen molar-refractivity contribution in [3.8, 4) is 17.2 Å². The van der Waals surface area contributed by atoms with Gasteiger partial charge in [-0.15, -0.1) is 10.2 Å². The van der Waals surface area contributed by atoms with Crippen LogP contribution in [0.1, 0.15) is 23.1 Å². The second-order valence-corrected chi connectivity index (χ2v) is 8.00. The smallest absolute Gasteiger partial charge is 0.223 e. The number of hydrogen-bond donors (Lipinski definition) is 0. The molecule has 0 amide bonds. The Bertz CT molecular complexity index is 1180. The lowest BCUT2D eigenvalue weighted by molar-refractivity contribution is 0.292. The van der Waals surface area contributed by atoms with Gasteiger partial charge in [-0.2, -0.15) is 4.98 Å². The Labute approximate surface area is 188 Å². The first-order valence-electron chi connectivity index (χ1n) is 9.43. The van der Waals surface area contributed by atoms with E-state index in [0.29, 0.717) is 39.2 Å². The molecule has 0 saturated carbocycles. The average molecular weight is 458 g/mol. The predicted molar refractivity (Wildman–Crippen MR) is 117 cm³/mol. The molecule has 0 aliphatic heterocycles. The maximum atomic E-state index is 6.38. The van der Waals surface area contributed by atoms with Crippen LogP contribution in [-0.2, 0) is 12.4 Å². The van der Waals surface area contributed by atoms with Crippen LogP contribution < -0.4 is 9.47 Å². The maximum absolute atomic E-state index is 6.38. The fourth-order valence-corrected chi connectivity index (χ4v) is 3.81. The molecule has 4 aromatic rings. The second kappa shape index (κ2) is 9.40. The third-order valence-electron chi connectivity index (χ3n) is 4.44. The summed E-state index contributed by atoms with van der Waals surface area (Å²) in [6.45, 7) is 3.94. The number of aromatic nitrogens is 5. The molecule has 2 heterocycles. The van der Waals surface area contributed by atoms with Crippen molar-refractivity contribution < 1.29 is 14.0 Å². The third kappa shape index (κ3) is 5.00. The largest absolute Gasteiger partial charge is 0.497 e. The number of benzene rings is 2. The van der Waals surface area contributed by atoms with Crippen LogP contribution >= 0.6 is 23.4 Å². The van der Waals surface area contributed by atoms with Crippen LogP contribution in [0.3, 0.4) is 0 Å². The Hall–Kier alpha value is -3.04. The zero-order valence-electron chi connectivity index (χ0n) is 17.2. The van der Waals surface area contributed by atoms with Gasteiger partial charge >= 0.3 is 0 Å². The van der Waals surface area contributed by atoms with Crippen LogP contribution in [-0.4, -0.2) is 32.0 Å². The maximum Gasteiger partial charge on any atom is 0.223 e. The van der Waals surface area contributed by atoms with Crippen molar-refractivity contribution in [2.75, 3.05) is 7.11 Å². The summed E-state index contributed by atoms with van der Waals surface area (Å²) in [6.07, 6.45) is 0. The van der Waals surface area contributed by atoms with E-state index in [1.165, 1.54) is 11.8 Å². The Morgan fingerprint density at radius 2 is 1.84 bits per heavy atom. The van der Waals surface area contributed by atoms with Crippen molar-refractivity contribution in [3.05, 3.63) is 70.6 Å². The average Bonchev–Trinajstić information content (AvgIpc) is 3.38. The van der Waals surface area contributed by atoms with Crippen LogP contribution in [0, 0.1) is 13.8 Å². The molecule has 8 nitrogen and oxygen atoms in total. The summed E-state index contributed by atoms with van der Waals surface area (Å²) >= 11 is 7.83. The van der Waals surface area contributed by atoms with Crippen LogP contribution in [0.4, 0.5) is 0 Å². The Morgan fingerprint density at radius 3 is 2.52 bits per heavy atom. The Kier molecular flexibility index (Phi) is 6.43. The van der Waals surface area contributed by atoms with Crippen molar-refractivity contribution >= 4 is 23.4 Å². The number of halogens is 1. The molecule has 0 unspecified atom stereocenters. The minimum absolute atomic E-state index is 0.229. The number of hydrogen-bond acceptors (Lipinski definition) is 8. The van der Waals surface area contributed by atoms with Gasteiger partial charge in [0.05, 0.1) is 18.6 Å². The van der Waals surface area contributed by atoms with Gasteiger partial charge in [0, 0.05) is 11.9 Å². The molecule has 0 spiro atoms. The quantitative estimate of drug-likeness (QED) is 0.348. The molecule has 0 aliphatic carbocycles. The monoisotopic (exact) mass is 457 g/mol. The Balaban J connectivity index is 1.60. The molecule has 4 rings (SSSR count). The van der Waals surface area contributed by atoms with Crippen molar-refractivity contribution in [1.82, 2.24) is 24.9 Å². The molecule has 31 heavy (non-hydrogen) atoms. The van der Waals surface area contributed by atoms with Gasteiger partial charge in [0.1, 0.15) is 18.1 Å². The van der Waals surface area contributed by atoms with E-state index in [-0.39, 0.29) is 6.61 Å². The van der Waals surface area contributed by atoms with Crippen LogP contribution in [0.5, 0.6) is 11.5 Å². The summed E-state index contributed by atoms with van der Waals surface area (Å²) in [6, 6.07) is 13.2. The number of methoxy groups -OCH3 is 1. The molecule has 0 saturated heterocycles. The van der Waals surface area contributed by atoms with Gasteiger partial charge in [-0.3, -0.25) is 4.57 Å². The van der Waals surface area contributed by atoms with E-state index in [1.54, 1.807) is 14.0 Å².